The number of likely N-dealkylation sites (N-methyl/N-ethyl adjacent to an activating group) is 1. The molecule has 0 bridgehead atoms. The number of rotatable bonds is 6. The van der Waals surface area contributed by atoms with Crippen molar-refractivity contribution in [3.05, 3.63) is 18.0 Å². The molecule has 0 radical (unpaired) electrons. The van der Waals surface area contributed by atoms with Gasteiger partial charge in [0.2, 0.25) is 0 Å². The minimum absolute atomic E-state index is 0.559. The van der Waals surface area contributed by atoms with Crippen LogP contribution in [0.5, 0.6) is 0 Å². The maximum atomic E-state index is 10.2. The molecule has 0 atom stereocenters. The van der Waals surface area contributed by atoms with E-state index in [4.69, 9.17) is 0 Å². The van der Waals surface area contributed by atoms with Crippen molar-refractivity contribution in [1.29, 1.82) is 0 Å². The van der Waals surface area contributed by atoms with Gasteiger partial charge in [-0.15, -0.1) is 0 Å². The number of aliphatic hydroxyl groups is 1. The number of hydrogen-bond donors (Lipinski definition) is 1. The summed E-state index contributed by atoms with van der Waals surface area (Å²) in [5, 5.41) is 14.4. The van der Waals surface area contributed by atoms with E-state index in [2.05, 4.69) is 10.00 Å². The Morgan fingerprint density at radius 1 is 1.44 bits per heavy atom. The number of aromatic nitrogens is 2. The van der Waals surface area contributed by atoms with Crippen molar-refractivity contribution in [2.45, 2.75) is 38.8 Å². The molecule has 16 heavy (non-hydrogen) atoms. The Hall–Kier alpha value is -0.870. The van der Waals surface area contributed by atoms with Crippen LogP contribution in [0.1, 0.15) is 32.3 Å². The standard InChI is InChI=1S/C12H23N3O/c1-5-12(16,6-2)10-14(3)8-11-7-13-15(4)9-11/h7,9,16H,5-6,8,10H2,1-4H3. The van der Waals surface area contributed by atoms with Gasteiger partial charge in [0, 0.05) is 31.9 Å². The van der Waals surface area contributed by atoms with Crippen LogP contribution in [0.4, 0.5) is 0 Å². The molecule has 0 amide bonds. The monoisotopic (exact) mass is 225 g/mol. The molecular weight excluding hydrogens is 202 g/mol. The molecule has 0 saturated carbocycles. The quantitative estimate of drug-likeness (QED) is 0.795. The second kappa shape index (κ2) is 5.46. The van der Waals surface area contributed by atoms with E-state index >= 15 is 0 Å². The zero-order chi connectivity index (χ0) is 12.2. The summed E-state index contributed by atoms with van der Waals surface area (Å²) in [6.07, 6.45) is 5.46. The van der Waals surface area contributed by atoms with E-state index in [1.807, 2.05) is 40.3 Å². The maximum absolute atomic E-state index is 10.2. The molecule has 1 aromatic heterocycles. The highest BCUT2D eigenvalue weighted by Gasteiger charge is 2.23. The predicted octanol–water partition coefficient (Wildman–Crippen LogP) is 1.40. The van der Waals surface area contributed by atoms with Gasteiger partial charge in [-0.1, -0.05) is 13.8 Å². The highest BCUT2D eigenvalue weighted by atomic mass is 16.3. The van der Waals surface area contributed by atoms with Crippen LogP contribution < -0.4 is 0 Å². The first kappa shape index (κ1) is 13.2. The average Bonchev–Trinajstić information content (AvgIpc) is 2.63. The Balaban J connectivity index is 2.50. The lowest BCUT2D eigenvalue weighted by Crippen LogP contribution is -2.40. The van der Waals surface area contributed by atoms with Crippen LogP contribution in [0.3, 0.4) is 0 Å². The molecular formula is C12H23N3O. The van der Waals surface area contributed by atoms with Crippen molar-refractivity contribution in [3.63, 3.8) is 0 Å². The van der Waals surface area contributed by atoms with Crippen LogP contribution in [0.15, 0.2) is 12.4 Å². The van der Waals surface area contributed by atoms with Gasteiger partial charge in [0.15, 0.2) is 0 Å². The van der Waals surface area contributed by atoms with Crippen molar-refractivity contribution in [2.75, 3.05) is 13.6 Å². The molecule has 1 heterocycles. The fraction of sp³-hybridized carbons (Fsp3) is 0.750. The van der Waals surface area contributed by atoms with Crippen LogP contribution >= 0.6 is 0 Å². The summed E-state index contributed by atoms with van der Waals surface area (Å²) < 4.78 is 1.80. The summed E-state index contributed by atoms with van der Waals surface area (Å²) in [6.45, 7) is 5.59. The first-order chi connectivity index (χ1) is 7.49. The SMILES string of the molecule is CCC(O)(CC)CN(C)Cc1cnn(C)c1. The molecule has 0 fully saturated rings. The Bertz CT molecular complexity index is 318. The van der Waals surface area contributed by atoms with E-state index in [0.717, 1.165) is 19.4 Å². The second-order valence-corrected chi connectivity index (χ2v) is 4.63. The molecule has 1 N–H and O–H groups in total. The van der Waals surface area contributed by atoms with Crippen molar-refractivity contribution < 1.29 is 5.11 Å². The average molecular weight is 225 g/mol. The van der Waals surface area contributed by atoms with Crippen molar-refractivity contribution in [1.82, 2.24) is 14.7 Å². The van der Waals surface area contributed by atoms with Gasteiger partial charge in [-0.25, -0.2) is 0 Å². The van der Waals surface area contributed by atoms with Crippen molar-refractivity contribution in [3.8, 4) is 0 Å². The lowest BCUT2D eigenvalue weighted by Gasteiger charge is -2.30. The molecule has 0 aromatic carbocycles. The molecule has 0 unspecified atom stereocenters. The Morgan fingerprint density at radius 2 is 2.06 bits per heavy atom. The number of hydrogen-bond acceptors (Lipinski definition) is 3. The molecule has 0 aliphatic heterocycles. The highest BCUT2D eigenvalue weighted by molar-refractivity contribution is 5.03. The van der Waals surface area contributed by atoms with Crippen LogP contribution in [-0.4, -0.2) is 39.0 Å². The third-order valence-corrected chi connectivity index (χ3v) is 3.09. The van der Waals surface area contributed by atoms with Crippen LogP contribution in [0.25, 0.3) is 0 Å². The summed E-state index contributed by atoms with van der Waals surface area (Å²) in [6, 6.07) is 0. The maximum Gasteiger partial charge on any atom is 0.0768 e. The minimum atomic E-state index is -0.559. The van der Waals surface area contributed by atoms with Crippen LogP contribution in [0.2, 0.25) is 0 Å². The summed E-state index contributed by atoms with van der Waals surface area (Å²) in [7, 11) is 3.95. The normalized spacial score (nSPS) is 12.4. The molecule has 0 aliphatic carbocycles. The molecule has 0 aliphatic rings. The van der Waals surface area contributed by atoms with Gasteiger partial charge in [-0.05, 0) is 19.9 Å². The zero-order valence-corrected chi connectivity index (χ0v) is 10.8. The molecule has 4 nitrogen and oxygen atoms in total. The molecule has 4 heteroatoms. The summed E-state index contributed by atoms with van der Waals surface area (Å²) in [4.78, 5) is 2.14. The van der Waals surface area contributed by atoms with E-state index in [-0.39, 0.29) is 0 Å². The van der Waals surface area contributed by atoms with Crippen LogP contribution in [-0.2, 0) is 13.6 Å². The fourth-order valence-electron chi connectivity index (χ4n) is 1.90. The first-order valence-electron chi connectivity index (χ1n) is 5.87. The van der Waals surface area contributed by atoms with Gasteiger partial charge in [0.25, 0.3) is 0 Å². The predicted molar refractivity (Wildman–Crippen MR) is 65.1 cm³/mol. The molecule has 0 saturated heterocycles. The van der Waals surface area contributed by atoms with Crippen molar-refractivity contribution in [2.24, 2.45) is 7.05 Å². The Morgan fingerprint density at radius 3 is 2.50 bits per heavy atom. The smallest absolute Gasteiger partial charge is 0.0768 e. The molecule has 92 valence electrons. The third-order valence-electron chi connectivity index (χ3n) is 3.09. The van der Waals surface area contributed by atoms with E-state index in [1.165, 1.54) is 5.56 Å². The Labute approximate surface area is 97.9 Å². The van der Waals surface area contributed by atoms with Crippen LogP contribution in [0, 0.1) is 0 Å². The molecule has 1 aromatic rings. The van der Waals surface area contributed by atoms with Gasteiger partial charge in [-0.2, -0.15) is 5.10 Å². The summed E-state index contributed by atoms with van der Waals surface area (Å²) in [5.41, 5.74) is 0.622. The highest BCUT2D eigenvalue weighted by Crippen LogP contribution is 2.16. The molecule has 0 spiro atoms. The van der Waals surface area contributed by atoms with E-state index < -0.39 is 5.60 Å². The largest absolute Gasteiger partial charge is 0.389 e. The molecule has 1 rings (SSSR count). The topological polar surface area (TPSA) is 41.3 Å². The van der Waals surface area contributed by atoms with Gasteiger partial charge < -0.3 is 5.11 Å². The van der Waals surface area contributed by atoms with Gasteiger partial charge >= 0.3 is 0 Å². The van der Waals surface area contributed by atoms with E-state index in [1.54, 1.807) is 4.68 Å². The Kier molecular flexibility index (Phi) is 4.50. The second-order valence-electron chi connectivity index (χ2n) is 4.63. The van der Waals surface area contributed by atoms with Gasteiger partial charge in [-0.3, -0.25) is 9.58 Å². The van der Waals surface area contributed by atoms with Crippen molar-refractivity contribution >= 4 is 0 Å². The lowest BCUT2D eigenvalue weighted by atomic mass is 9.97. The lowest BCUT2D eigenvalue weighted by molar-refractivity contribution is 0.00130. The summed E-state index contributed by atoms with van der Waals surface area (Å²) in [5.74, 6) is 0. The van der Waals surface area contributed by atoms with E-state index in [9.17, 15) is 5.11 Å². The minimum Gasteiger partial charge on any atom is -0.389 e. The first-order valence-corrected chi connectivity index (χ1v) is 5.87. The van der Waals surface area contributed by atoms with Gasteiger partial charge in [0.1, 0.15) is 0 Å². The fourth-order valence-corrected chi connectivity index (χ4v) is 1.90. The zero-order valence-electron chi connectivity index (χ0n) is 10.8. The summed E-state index contributed by atoms with van der Waals surface area (Å²) >= 11 is 0. The van der Waals surface area contributed by atoms with Gasteiger partial charge in [0.05, 0.1) is 11.8 Å². The third kappa shape index (κ3) is 3.61. The number of aryl methyl sites for hydroxylation is 1. The number of nitrogens with zero attached hydrogens (tertiary/aromatic N) is 3. The van der Waals surface area contributed by atoms with E-state index in [0.29, 0.717) is 6.54 Å².